The summed E-state index contributed by atoms with van der Waals surface area (Å²) in [6, 6.07) is 13.7. The maximum absolute atomic E-state index is 13.3. The molecule has 1 saturated carbocycles. The Bertz CT molecular complexity index is 1100. The Morgan fingerprint density at radius 3 is 2.66 bits per heavy atom. The summed E-state index contributed by atoms with van der Waals surface area (Å²) >= 11 is 0. The van der Waals surface area contributed by atoms with Gasteiger partial charge in [-0.05, 0) is 49.7 Å². The fraction of sp³-hybridized carbons (Fsp3) is 0.440. The van der Waals surface area contributed by atoms with E-state index in [9.17, 15) is 9.59 Å². The third kappa shape index (κ3) is 3.87. The molecule has 3 heterocycles. The van der Waals surface area contributed by atoms with E-state index >= 15 is 0 Å². The highest BCUT2D eigenvalue weighted by Gasteiger charge is 2.42. The lowest BCUT2D eigenvalue weighted by Gasteiger charge is -2.33. The Labute approximate surface area is 187 Å². The van der Waals surface area contributed by atoms with Crippen molar-refractivity contribution in [1.82, 2.24) is 19.5 Å². The van der Waals surface area contributed by atoms with Gasteiger partial charge in [0.05, 0.1) is 12.2 Å². The van der Waals surface area contributed by atoms with Crippen molar-refractivity contribution in [2.45, 2.75) is 51.0 Å². The molecule has 0 N–H and O–H groups in total. The van der Waals surface area contributed by atoms with Gasteiger partial charge in [0, 0.05) is 29.8 Å². The monoisotopic (exact) mass is 432 g/mol. The van der Waals surface area contributed by atoms with Crippen LogP contribution >= 0.6 is 0 Å². The molecule has 7 nitrogen and oxygen atoms in total. The van der Waals surface area contributed by atoms with Gasteiger partial charge in [0.2, 0.25) is 5.91 Å². The number of rotatable bonds is 5. The Morgan fingerprint density at radius 2 is 1.88 bits per heavy atom. The van der Waals surface area contributed by atoms with Crippen molar-refractivity contribution in [3.05, 3.63) is 66.1 Å². The van der Waals surface area contributed by atoms with Gasteiger partial charge < -0.3 is 4.74 Å². The number of aromatic nitrogens is 3. The zero-order valence-electron chi connectivity index (χ0n) is 18.3. The summed E-state index contributed by atoms with van der Waals surface area (Å²) in [7, 11) is 0. The van der Waals surface area contributed by atoms with Crippen molar-refractivity contribution in [3.63, 3.8) is 0 Å². The lowest BCUT2D eigenvalue weighted by molar-refractivity contribution is -0.135. The normalized spacial score (nSPS) is 24.5. The minimum atomic E-state index is -0.505. The summed E-state index contributed by atoms with van der Waals surface area (Å²) in [4.78, 5) is 31.5. The van der Waals surface area contributed by atoms with Crippen LogP contribution in [0.4, 0.5) is 4.79 Å². The van der Waals surface area contributed by atoms with Gasteiger partial charge >= 0.3 is 6.09 Å². The number of carbonyl (C=O) groups is 2. The molecule has 3 aromatic rings. The summed E-state index contributed by atoms with van der Waals surface area (Å²) in [5, 5.41) is 4.42. The van der Waals surface area contributed by atoms with Gasteiger partial charge in [-0.25, -0.2) is 19.2 Å². The topological polar surface area (TPSA) is 76.8 Å². The van der Waals surface area contributed by atoms with Gasteiger partial charge in [0.25, 0.3) is 0 Å². The highest BCUT2D eigenvalue weighted by molar-refractivity contribution is 5.94. The number of benzene rings is 1. The Hall–Kier alpha value is -3.22. The molecule has 1 unspecified atom stereocenters. The molecule has 2 atom stereocenters. The van der Waals surface area contributed by atoms with E-state index in [0.717, 1.165) is 36.9 Å². The van der Waals surface area contributed by atoms with Crippen LogP contribution in [0.5, 0.6) is 0 Å². The van der Waals surface area contributed by atoms with Crippen molar-refractivity contribution in [2.75, 3.05) is 6.61 Å². The Morgan fingerprint density at radius 1 is 1.09 bits per heavy atom. The average Bonchev–Trinajstić information content (AvgIpc) is 3.45. The predicted molar refractivity (Wildman–Crippen MR) is 119 cm³/mol. The van der Waals surface area contributed by atoms with Crippen LogP contribution in [0.25, 0.3) is 5.65 Å². The summed E-state index contributed by atoms with van der Waals surface area (Å²) in [5.74, 6) is 0.360. The maximum Gasteiger partial charge on any atom is 0.416 e. The fourth-order valence-electron chi connectivity index (χ4n) is 5.27. The number of amides is 2. The van der Waals surface area contributed by atoms with Gasteiger partial charge in [-0.2, -0.15) is 5.10 Å². The van der Waals surface area contributed by atoms with Crippen LogP contribution in [0.3, 0.4) is 0 Å². The molecule has 32 heavy (non-hydrogen) atoms. The van der Waals surface area contributed by atoms with E-state index in [1.807, 2.05) is 60.1 Å². The van der Waals surface area contributed by atoms with Gasteiger partial charge in [-0.3, -0.25) is 4.79 Å². The maximum atomic E-state index is 13.3. The largest absolute Gasteiger partial charge is 0.447 e. The second kappa shape index (κ2) is 8.73. The van der Waals surface area contributed by atoms with Crippen LogP contribution in [0, 0.1) is 11.8 Å². The molecule has 2 aliphatic rings. The smallest absolute Gasteiger partial charge is 0.416 e. The number of nitrogens with zero attached hydrogens (tertiary/aromatic N) is 4. The van der Waals surface area contributed by atoms with Crippen LogP contribution in [0.15, 0.2) is 54.9 Å². The minimum Gasteiger partial charge on any atom is -0.447 e. The quantitative estimate of drug-likeness (QED) is 0.603. The summed E-state index contributed by atoms with van der Waals surface area (Å²) in [5.41, 5.74) is 3.15. The number of cyclic esters (lactones) is 1. The summed E-state index contributed by atoms with van der Waals surface area (Å²) in [6.45, 7) is 2.23. The first-order valence-electron chi connectivity index (χ1n) is 11.4. The number of fused-ring (bicyclic) bond motifs is 1. The van der Waals surface area contributed by atoms with Crippen molar-refractivity contribution in [1.29, 1.82) is 0 Å². The molecule has 2 fully saturated rings. The molecule has 7 heteroatoms. The number of hydrogen-bond acceptors (Lipinski definition) is 5. The van der Waals surface area contributed by atoms with Crippen LogP contribution in [0.1, 0.15) is 49.8 Å². The molecule has 1 saturated heterocycles. The molecule has 2 amide bonds. The van der Waals surface area contributed by atoms with E-state index in [2.05, 4.69) is 10.1 Å². The molecule has 2 aromatic heterocycles. The lowest BCUT2D eigenvalue weighted by Crippen LogP contribution is -2.45. The van der Waals surface area contributed by atoms with Crippen LogP contribution in [-0.2, 0) is 16.0 Å². The van der Waals surface area contributed by atoms with Crippen molar-refractivity contribution in [3.8, 4) is 0 Å². The molecular weight excluding hydrogens is 404 g/mol. The number of imide groups is 1. The van der Waals surface area contributed by atoms with Gasteiger partial charge in [-0.15, -0.1) is 0 Å². The second-order valence-electron chi connectivity index (χ2n) is 9.00. The first-order valence-corrected chi connectivity index (χ1v) is 11.4. The van der Waals surface area contributed by atoms with Crippen LogP contribution < -0.4 is 0 Å². The van der Waals surface area contributed by atoms with Gasteiger partial charge in [0.15, 0.2) is 5.65 Å². The summed E-state index contributed by atoms with van der Waals surface area (Å²) < 4.78 is 7.19. The Balaban J connectivity index is 1.24. The zero-order chi connectivity index (χ0) is 22.1. The van der Waals surface area contributed by atoms with E-state index in [0.29, 0.717) is 12.3 Å². The highest BCUT2D eigenvalue weighted by Crippen LogP contribution is 2.39. The standard InChI is InChI=1S/C25H28N4O3/c1-17(24(30)28-21(16-32-25(28)31)15-18-5-3-2-4-6-18)19-7-9-20(10-8-19)22-11-13-26-23-12-14-27-29(22)23/h2-6,11-14,17,19-21H,7-10,15-16H2,1H3/t17-,19?,20?,21?/m1/s1. The molecule has 0 spiro atoms. The lowest BCUT2D eigenvalue weighted by atomic mass is 9.75. The third-order valence-corrected chi connectivity index (χ3v) is 7.12. The van der Waals surface area contributed by atoms with Crippen LogP contribution in [-0.4, -0.2) is 44.1 Å². The molecule has 0 bridgehead atoms. The SMILES string of the molecule is C[C@@H](C(=O)N1C(=O)OCC1Cc1ccccc1)C1CCC(c2ccnc3ccnn23)CC1. The predicted octanol–water partition coefficient (Wildman–Crippen LogP) is 4.23. The molecule has 1 aliphatic heterocycles. The first-order chi connectivity index (χ1) is 15.6. The molecule has 0 radical (unpaired) electrons. The second-order valence-corrected chi connectivity index (χ2v) is 9.00. The van der Waals surface area contributed by atoms with Crippen molar-refractivity contribution >= 4 is 17.6 Å². The first kappa shape index (κ1) is 20.7. The molecule has 166 valence electrons. The van der Waals surface area contributed by atoms with Gasteiger partial charge in [0.1, 0.15) is 6.61 Å². The average molecular weight is 433 g/mol. The van der Waals surface area contributed by atoms with E-state index in [1.54, 1.807) is 6.20 Å². The van der Waals surface area contributed by atoms with Crippen LogP contribution in [0.2, 0.25) is 0 Å². The molecule has 5 rings (SSSR count). The Kier molecular flexibility index (Phi) is 5.64. The van der Waals surface area contributed by atoms with Gasteiger partial charge in [-0.1, -0.05) is 37.3 Å². The number of carbonyl (C=O) groups excluding carboxylic acids is 2. The highest BCUT2D eigenvalue weighted by atomic mass is 16.6. The number of ether oxygens (including phenoxy) is 1. The zero-order valence-corrected chi connectivity index (χ0v) is 18.3. The molecule has 1 aromatic carbocycles. The molecular formula is C25H28N4O3. The number of hydrogen-bond donors (Lipinski definition) is 0. The van der Waals surface area contributed by atoms with Crippen molar-refractivity contribution in [2.24, 2.45) is 11.8 Å². The third-order valence-electron chi connectivity index (χ3n) is 7.12. The minimum absolute atomic E-state index is 0.102. The summed E-state index contributed by atoms with van der Waals surface area (Å²) in [6.07, 6.45) is 7.64. The van der Waals surface area contributed by atoms with Crippen molar-refractivity contribution < 1.29 is 14.3 Å². The molecule has 1 aliphatic carbocycles. The van der Waals surface area contributed by atoms with E-state index in [4.69, 9.17) is 4.74 Å². The fourth-order valence-corrected chi connectivity index (χ4v) is 5.27. The van der Waals surface area contributed by atoms with E-state index in [-0.39, 0.29) is 30.4 Å². The van der Waals surface area contributed by atoms with E-state index in [1.165, 1.54) is 10.6 Å². The van der Waals surface area contributed by atoms with E-state index < -0.39 is 6.09 Å².